The van der Waals surface area contributed by atoms with Gasteiger partial charge in [0.1, 0.15) is 5.60 Å². The highest BCUT2D eigenvalue weighted by molar-refractivity contribution is 5.68. The highest BCUT2D eigenvalue weighted by atomic mass is 16.6. The second-order valence-electron chi connectivity index (χ2n) is 6.48. The van der Waals surface area contributed by atoms with Crippen molar-refractivity contribution in [1.82, 2.24) is 14.9 Å². The highest BCUT2D eigenvalue weighted by Gasteiger charge is 2.32. The summed E-state index contributed by atoms with van der Waals surface area (Å²) in [7, 11) is 1.97. The molecule has 0 bridgehead atoms. The number of likely N-dealkylation sites (N-methyl/N-ethyl adjacent to an activating group) is 1. The summed E-state index contributed by atoms with van der Waals surface area (Å²) in [5.74, 6) is 0.700. The van der Waals surface area contributed by atoms with Gasteiger partial charge >= 0.3 is 6.09 Å². The van der Waals surface area contributed by atoms with Gasteiger partial charge in [0.15, 0.2) is 0 Å². The molecule has 21 heavy (non-hydrogen) atoms. The third-order valence-electron chi connectivity index (χ3n) is 3.46. The van der Waals surface area contributed by atoms with E-state index in [2.05, 4.69) is 9.97 Å². The Bertz CT molecular complexity index is 513. The Balaban J connectivity index is 1.97. The van der Waals surface area contributed by atoms with Crippen LogP contribution >= 0.6 is 0 Å². The molecule has 0 saturated carbocycles. The number of nitrogens with zero attached hydrogens (tertiary/aromatic N) is 4. The monoisotopic (exact) mass is 292 g/mol. The third kappa shape index (κ3) is 4.06. The Hall–Kier alpha value is -1.85. The van der Waals surface area contributed by atoms with Crippen molar-refractivity contribution in [1.29, 1.82) is 0 Å². The van der Waals surface area contributed by atoms with Crippen molar-refractivity contribution in [2.24, 2.45) is 0 Å². The summed E-state index contributed by atoms with van der Waals surface area (Å²) in [5, 5.41) is 0. The average molecular weight is 292 g/mol. The van der Waals surface area contributed by atoms with Crippen molar-refractivity contribution in [2.75, 3.05) is 25.0 Å². The molecule has 6 heteroatoms. The summed E-state index contributed by atoms with van der Waals surface area (Å²) in [6, 6.07) is 2.10. The second-order valence-corrected chi connectivity index (χ2v) is 6.48. The van der Waals surface area contributed by atoms with Gasteiger partial charge in [0, 0.05) is 32.0 Å². The molecule has 0 spiro atoms. The first-order valence-electron chi connectivity index (χ1n) is 7.26. The van der Waals surface area contributed by atoms with Crippen LogP contribution in [0.4, 0.5) is 10.7 Å². The fourth-order valence-electron chi connectivity index (χ4n) is 2.32. The number of likely N-dealkylation sites (tertiary alicyclic amines) is 1. The van der Waals surface area contributed by atoms with E-state index in [-0.39, 0.29) is 12.1 Å². The van der Waals surface area contributed by atoms with E-state index in [1.54, 1.807) is 11.1 Å². The molecule has 116 valence electrons. The molecule has 1 aliphatic rings. The number of anilines is 1. The van der Waals surface area contributed by atoms with Gasteiger partial charge in [-0.3, -0.25) is 0 Å². The molecule has 0 N–H and O–H groups in total. The summed E-state index contributed by atoms with van der Waals surface area (Å²) in [6.07, 6.45) is 2.41. The first kappa shape index (κ1) is 15.5. The van der Waals surface area contributed by atoms with Crippen molar-refractivity contribution in [3.8, 4) is 0 Å². The van der Waals surface area contributed by atoms with Gasteiger partial charge in [-0.2, -0.15) is 0 Å². The largest absolute Gasteiger partial charge is 0.444 e. The number of carbonyl (C=O) groups excluding carboxylic acids is 1. The number of carbonyl (C=O) groups is 1. The van der Waals surface area contributed by atoms with Crippen LogP contribution in [-0.2, 0) is 4.74 Å². The van der Waals surface area contributed by atoms with Crippen LogP contribution in [0.15, 0.2) is 12.3 Å². The Morgan fingerprint density at radius 1 is 1.48 bits per heavy atom. The molecule has 1 aromatic heterocycles. The van der Waals surface area contributed by atoms with Gasteiger partial charge in [0.05, 0.1) is 6.04 Å². The molecule has 1 unspecified atom stereocenters. The Kier molecular flexibility index (Phi) is 4.34. The average Bonchev–Trinajstić information content (AvgIpc) is 2.85. The molecule has 0 aromatic carbocycles. The normalized spacial score (nSPS) is 18.7. The molecule has 1 amide bonds. The zero-order valence-corrected chi connectivity index (χ0v) is 13.5. The van der Waals surface area contributed by atoms with Crippen LogP contribution in [0.1, 0.15) is 32.9 Å². The predicted octanol–water partition coefficient (Wildman–Crippen LogP) is 2.23. The number of aromatic nitrogens is 2. The quantitative estimate of drug-likeness (QED) is 0.836. The second kappa shape index (κ2) is 5.87. The molecule has 1 atom stereocenters. The van der Waals surface area contributed by atoms with E-state index >= 15 is 0 Å². The molecule has 1 saturated heterocycles. The summed E-state index contributed by atoms with van der Waals surface area (Å²) >= 11 is 0. The zero-order valence-electron chi connectivity index (χ0n) is 13.5. The first-order chi connectivity index (χ1) is 9.76. The van der Waals surface area contributed by atoms with Crippen molar-refractivity contribution in [2.45, 2.75) is 45.8 Å². The lowest BCUT2D eigenvalue weighted by molar-refractivity contribution is 0.0292. The molecule has 1 aliphatic heterocycles. The molecule has 0 aliphatic carbocycles. The van der Waals surface area contributed by atoms with Crippen LogP contribution < -0.4 is 4.90 Å². The summed E-state index contributed by atoms with van der Waals surface area (Å²) in [4.78, 5) is 24.6. The number of rotatable bonds is 2. The van der Waals surface area contributed by atoms with E-state index < -0.39 is 5.60 Å². The lowest BCUT2D eigenvalue weighted by atomic mass is 10.2. The van der Waals surface area contributed by atoms with Gasteiger partial charge < -0.3 is 14.5 Å². The van der Waals surface area contributed by atoms with E-state index in [0.29, 0.717) is 19.0 Å². The van der Waals surface area contributed by atoms with E-state index in [4.69, 9.17) is 4.74 Å². The van der Waals surface area contributed by atoms with E-state index in [0.717, 1.165) is 12.1 Å². The summed E-state index contributed by atoms with van der Waals surface area (Å²) in [5.41, 5.74) is 0.481. The third-order valence-corrected chi connectivity index (χ3v) is 3.46. The maximum atomic E-state index is 12.1. The number of ether oxygens (including phenoxy) is 1. The maximum absolute atomic E-state index is 12.1. The zero-order chi connectivity index (χ0) is 15.6. The topological polar surface area (TPSA) is 58.6 Å². The van der Waals surface area contributed by atoms with Crippen LogP contribution in [-0.4, -0.2) is 52.7 Å². The Morgan fingerprint density at radius 2 is 2.19 bits per heavy atom. The van der Waals surface area contributed by atoms with Crippen LogP contribution in [0.2, 0.25) is 0 Å². The first-order valence-corrected chi connectivity index (χ1v) is 7.26. The van der Waals surface area contributed by atoms with Crippen LogP contribution in [0.3, 0.4) is 0 Å². The van der Waals surface area contributed by atoms with Crippen molar-refractivity contribution in [3.63, 3.8) is 0 Å². The van der Waals surface area contributed by atoms with Crippen LogP contribution in [0.5, 0.6) is 0 Å². The smallest absolute Gasteiger partial charge is 0.410 e. The van der Waals surface area contributed by atoms with Gasteiger partial charge in [-0.25, -0.2) is 14.8 Å². The summed E-state index contributed by atoms with van der Waals surface area (Å²) in [6.45, 7) is 8.93. The minimum atomic E-state index is -0.458. The van der Waals surface area contributed by atoms with Crippen LogP contribution in [0, 0.1) is 6.92 Å². The fraction of sp³-hybridized carbons (Fsp3) is 0.667. The van der Waals surface area contributed by atoms with Crippen molar-refractivity contribution >= 4 is 12.0 Å². The van der Waals surface area contributed by atoms with Gasteiger partial charge in [0.2, 0.25) is 5.95 Å². The molecule has 2 rings (SSSR count). The van der Waals surface area contributed by atoms with Crippen molar-refractivity contribution in [3.05, 3.63) is 18.0 Å². The van der Waals surface area contributed by atoms with Gasteiger partial charge in [0.25, 0.3) is 0 Å². The fourth-order valence-corrected chi connectivity index (χ4v) is 2.32. The minimum Gasteiger partial charge on any atom is -0.444 e. The van der Waals surface area contributed by atoms with E-state index in [1.807, 2.05) is 45.7 Å². The molecule has 1 fully saturated rings. The maximum Gasteiger partial charge on any atom is 0.410 e. The Labute approximate surface area is 126 Å². The van der Waals surface area contributed by atoms with E-state index in [9.17, 15) is 4.79 Å². The van der Waals surface area contributed by atoms with Crippen LogP contribution in [0.25, 0.3) is 0 Å². The van der Waals surface area contributed by atoms with Gasteiger partial charge in [-0.1, -0.05) is 0 Å². The predicted molar refractivity (Wildman–Crippen MR) is 81.4 cm³/mol. The molecule has 1 aromatic rings. The Morgan fingerprint density at radius 3 is 2.81 bits per heavy atom. The number of hydrogen-bond donors (Lipinski definition) is 0. The van der Waals surface area contributed by atoms with Gasteiger partial charge in [-0.15, -0.1) is 0 Å². The lowest BCUT2D eigenvalue weighted by Gasteiger charge is -2.26. The SMILES string of the molecule is Cc1ccnc(N(C)C2CCN(C(=O)OC(C)(C)C)C2)n1. The molecule has 2 heterocycles. The van der Waals surface area contributed by atoms with E-state index in [1.165, 1.54) is 0 Å². The molecular formula is C15H24N4O2. The lowest BCUT2D eigenvalue weighted by Crippen LogP contribution is -2.39. The minimum absolute atomic E-state index is 0.222. The standard InChI is InChI=1S/C15H24N4O2/c1-11-6-8-16-13(17-11)18(5)12-7-9-19(10-12)14(20)21-15(2,3)4/h6,8,12H,7,9-10H2,1-5H3. The number of aryl methyl sites for hydroxylation is 1. The number of amides is 1. The molecule has 6 nitrogen and oxygen atoms in total. The summed E-state index contributed by atoms with van der Waals surface area (Å²) < 4.78 is 5.41. The van der Waals surface area contributed by atoms with Crippen molar-refractivity contribution < 1.29 is 9.53 Å². The highest BCUT2D eigenvalue weighted by Crippen LogP contribution is 2.20. The van der Waals surface area contributed by atoms with Gasteiger partial charge in [-0.05, 0) is 40.2 Å². The molecule has 0 radical (unpaired) electrons. The number of hydrogen-bond acceptors (Lipinski definition) is 5. The molecular weight excluding hydrogens is 268 g/mol.